The first kappa shape index (κ1) is 38.3. The highest BCUT2D eigenvalue weighted by atomic mass is 32.2. The van der Waals surface area contributed by atoms with E-state index in [1.165, 1.54) is 65.1 Å². The van der Waals surface area contributed by atoms with Crippen LogP contribution in [0.5, 0.6) is 0 Å². The fourth-order valence-corrected chi connectivity index (χ4v) is 11.7. The molecule has 10 aromatic carbocycles. The van der Waals surface area contributed by atoms with E-state index in [2.05, 4.69) is 237 Å². The molecule has 0 fully saturated rings. The molecule has 0 bridgehead atoms. The van der Waals surface area contributed by atoms with Gasteiger partial charge in [-0.1, -0.05) is 224 Å². The molecule has 13 rings (SSSR count). The highest BCUT2D eigenvalue weighted by Crippen LogP contribution is 2.62. The Kier molecular flexibility index (Phi) is 9.00. The van der Waals surface area contributed by atoms with E-state index in [0.717, 1.165) is 38.9 Å². The second kappa shape index (κ2) is 15.5. The van der Waals surface area contributed by atoms with Crippen molar-refractivity contribution in [3.05, 3.63) is 259 Å². The first-order chi connectivity index (χ1) is 32.7. The zero-order valence-corrected chi connectivity index (χ0v) is 36.6. The van der Waals surface area contributed by atoms with Crippen molar-refractivity contribution in [1.29, 1.82) is 0 Å². The topological polar surface area (TPSA) is 38.7 Å². The van der Waals surface area contributed by atoms with Crippen molar-refractivity contribution >= 4 is 22.5 Å². The maximum atomic E-state index is 5.41. The third-order valence-corrected chi connectivity index (χ3v) is 14.6. The zero-order chi connectivity index (χ0) is 43.6. The van der Waals surface area contributed by atoms with Crippen molar-refractivity contribution in [1.82, 2.24) is 15.0 Å². The molecule has 1 aliphatic carbocycles. The highest BCUT2D eigenvalue weighted by molar-refractivity contribution is 7.99. The van der Waals surface area contributed by atoms with E-state index >= 15 is 0 Å². The van der Waals surface area contributed by atoms with E-state index in [1.54, 1.807) is 0 Å². The first-order valence-electron chi connectivity index (χ1n) is 22.4. The van der Waals surface area contributed by atoms with Gasteiger partial charge in [0.1, 0.15) is 0 Å². The van der Waals surface area contributed by atoms with Crippen molar-refractivity contribution in [2.75, 3.05) is 0 Å². The Morgan fingerprint density at radius 2 is 0.773 bits per heavy atom. The van der Waals surface area contributed by atoms with Gasteiger partial charge in [-0.05, 0) is 102 Å². The smallest absolute Gasteiger partial charge is 0.164 e. The van der Waals surface area contributed by atoms with Gasteiger partial charge in [0.15, 0.2) is 17.5 Å². The predicted octanol–water partition coefficient (Wildman–Crippen LogP) is 15.9. The summed E-state index contributed by atoms with van der Waals surface area (Å²) in [5.74, 6) is 1.86. The lowest BCUT2D eigenvalue weighted by molar-refractivity contribution is 0.711. The van der Waals surface area contributed by atoms with E-state index in [-0.39, 0.29) is 0 Å². The third-order valence-electron chi connectivity index (χ3n) is 13.4. The molecular weight excluding hydrogens is 819 g/mol. The molecule has 66 heavy (non-hydrogen) atoms. The fourth-order valence-electron chi connectivity index (χ4n) is 10.4. The lowest BCUT2D eigenvalue weighted by Gasteiger charge is -2.43. The molecule has 11 aromatic rings. The molecule has 2 aliphatic rings. The van der Waals surface area contributed by atoms with Crippen LogP contribution in [0, 0.1) is 0 Å². The Morgan fingerprint density at radius 3 is 1.42 bits per heavy atom. The van der Waals surface area contributed by atoms with E-state index in [9.17, 15) is 0 Å². The number of hydrogen-bond acceptors (Lipinski definition) is 4. The molecule has 1 unspecified atom stereocenters. The summed E-state index contributed by atoms with van der Waals surface area (Å²) in [6.45, 7) is 0. The number of hydrogen-bond donors (Lipinski definition) is 0. The molecule has 0 amide bonds. The standard InChI is InChI=1S/C62H39N3S/c1-3-17-40(18-4-1)43-22-15-24-45(37-43)59-63-60(46-25-16-23-44(38-46)41-19-5-2-6-20-41)65-61(64-59)47-33-35-52-50-28-10-9-27-49(50)51-29-11-12-30-53(51)62(56(52)39-47)54-31-13-14-32-57(54)66-58-48-26-8-7-21-42(48)34-36-55(58)62/h1-39H. The Bertz CT molecular complexity index is 3590. The van der Waals surface area contributed by atoms with Crippen LogP contribution in [0.1, 0.15) is 22.3 Å². The summed E-state index contributed by atoms with van der Waals surface area (Å²) in [4.78, 5) is 18.6. The molecule has 4 heteroatoms. The van der Waals surface area contributed by atoms with Crippen LogP contribution in [0.4, 0.5) is 0 Å². The van der Waals surface area contributed by atoms with Crippen molar-refractivity contribution in [2.24, 2.45) is 0 Å². The maximum Gasteiger partial charge on any atom is 0.164 e. The van der Waals surface area contributed by atoms with Crippen molar-refractivity contribution in [3.63, 3.8) is 0 Å². The summed E-state index contributed by atoms with van der Waals surface area (Å²) >= 11 is 1.89. The monoisotopic (exact) mass is 857 g/mol. The summed E-state index contributed by atoms with van der Waals surface area (Å²) in [7, 11) is 0. The van der Waals surface area contributed by atoms with E-state index < -0.39 is 5.41 Å². The molecule has 1 aliphatic heterocycles. The second-order valence-electron chi connectivity index (χ2n) is 17.1. The summed E-state index contributed by atoms with van der Waals surface area (Å²) in [5, 5.41) is 2.49. The number of benzene rings is 10. The minimum absolute atomic E-state index is 0.617. The minimum Gasteiger partial charge on any atom is -0.208 e. The van der Waals surface area contributed by atoms with Gasteiger partial charge in [0.2, 0.25) is 0 Å². The molecule has 1 aromatic heterocycles. The number of aromatic nitrogens is 3. The van der Waals surface area contributed by atoms with E-state index in [0.29, 0.717) is 17.5 Å². The predicted molar refractivity (Wildman–Crippen MR) is 271 cm³/mol. The van der Waals surface area contributed by atoms with Gasteiger partial charge in [0.25, 0.3) is 0 Å². The Hall–Kier alpha value is -8.18. The van der Waals surface area contributed by atoms with Crippen molar-refractivity contribution in [2.45, 2.75) is 15.2 Å². The maximum absolute atomic E-state index is 5.41. The molecule has 3 nitrogen and oxygen atoms in total. The molecule has 2 heterocycles. The molecule has 0 saturated heterocycles. The summed E-state index contributed by atoms with van der Waals surface area (Å²) < 4.78 is 0. The summed E-state index contributed by atoms with van der Waals surface area (Å²) in [6, 6.07) is 85.5. The quantitative estimate of drug-likeness (QED) is 0.173. The van der Waals surface area contributed by atoms with Gasteiger partial charge in [-0.25, -0.2) is 15.0 Å². The fraction of sp³-hybridized carbons (Fsp3) is 0.0161. The van der Waals surface area contributed by atoms with Crippen LogP contribution in [-0.2, 0) is 5.41 Å². The average molecular weight is 858 g/mol. The van der Waals surface area contributed by atoms with Gasteiger partial charge in [-0.2, -0.15) is 0 Å². The largest absolute Gasteiger partial charge is 0.208 e. The van der Waals surface area contributed by atoms with Gasteiger partial charge < -0.3 is 0 Å². The Labute approximate surface area is 388 Å². The SMILES string of the molecule is c1ccc(-c2cccc(-c3nc(-c4cccc(-c5ccccc5)c4)nc(-c4ccc5c(c4)C4(c6ccccc6Sc6c4ccc4ccccc64)c4ccccc4-c4ccccc4-5)n3)c2)cc1. The molecule has 0 N–H and O–H groups in total. The molecular formula is C62H39N3S. The van der Waals surface area contributed by atoms with Crippen LogP contribution in [0.2, 0.25) is 0 Å². The summed E-state index contributed by atoms with van der Waals surface area (Å²) in [6.07, 6.45) is 0. The lowest BCUT2D eigenvalue weighted by Crippen LogP contribution is -2.34. The van der Waals surface area contributed by atoms with E-state index in [1.807, 2.05) is 11.8 Å². The number of rotatable bonds is 5. The van der Waals surface area contributed by atoms with E-state index in [4.69, 9.17) is 15.0 Å². The van der Waals surface area contributed by atoms with Crippen LogP contribution in [0.25, 0.3) is 89.4 Å². The number of nitrogens with zero attached hydrogens (tertiary/aromatic N) is 3. The van der Waals surface area contributed by atoms with Crippen LogP contribution in [0.15, 0.2) is 246 Å². The normalized spacial score (nSPS) is 14.4. The lowest BCUT2D eigenvalue weighted by atomic mass is 9.62. The van der Waals surface area contributed by atoms with Crippen molar-refractivity contribution in [3.8, 4) is 78.7 Å². The van der Waals surface area contributed by atoms with Crippen LogP contribution in [0.3, 0.4) is 0 Å². The summed E-state index contributed by atoms with van der Waals surface area (Å²) in [5.41, 5.74) is 16.4. The molecule has 0 saturated carbocycles. The van der Waals surface area contributed by atoms with Gasteiger partial charge in [-0.3, -0.25) is 0 Å². The second-order valence-corrected chi connectivity index (χ2v) is 18.1. The molecule has 1 spiro atoms. The van der Waals surface area contributed by atoms with Gasteiger partial charge >= 0.3 is 0 Å². The third kappa shape index (κ3) is 6.10. The van der Waals surface area contributed by atoms with Crippen LogP contribution >= 0.6 is 11.8 Å². The van der Waals surface area contributed by atoms with Crippen LogP contribution in [-0.4, -0.2) is 15.0 Å². The average Bonchev–Trinajstić information content (AvgIpc) is 3.50. The molecule has 1 atom stereocenters. The van der Waals surface area contributed by atoms with Crippen LogP contribution < -0.4 is 0 Å². The van der Waals surface area contributed by atoms with Gasteiger partial charge in [0, 0.05) is 26.5 Å². The molecule has 308 valence electrons. The highest BCUT2D eigenvalue weighted by Gasteiger charge is 2.48. The molecule has 0 radical (unpaired) electrons. The Balaban J connectivity index is 1.11. The number of fused-ring (bicyclic) bond motifs is 13. The van der Waals surface area contributed by atoms with Gasteiger partial charge in [0.05, 0.1) is 5.41 Å². The minimum atomic E-state index is -0.700. The Morgan fingerprint density at radius 1 is 0.288 bits per heavy atom. The van der Waals surface area contributed by atoms with Crippen molar-refractivity contribution < 1.29 is 0 Å². The first-order valence-corrected chi connectivity index (χ1v) is 23.2. The zero-order valence-electron chi connectivity index (χ0n) is 35.8. The van der Waals surface area contributed by atoms with Gasteiger partial charge in [-0.15, -0.1) is 0 Å².